The van der Waals surface area contributed by atoms with Crippen LogP contribution in [0.2, 0.25) is 0 Å². The van der Waals surface area contributed by atoms with E-state index in [4.69, 9.17) is 0 Å². The van der Waals surface area contributed by atoms with E-state index in [2.05, 4.69) is 65.8 Å². The molecule has 1 aliphatic carbocycles. The Morgan fingerprint density at radius 1 is 1.23 bits per heavy atom. The highest BCUT2D eigenvalue weighted by Crippen LogP contribution is 2.27. The molecule has 0 spiro atoms. The smallest absolute Gasteiger partial charge is 0.191 e. The van der Waals surface area contributed by atoms with Crippen LogP contribution in [0.5, 0.6) is 0 Å². The number of aliphatic imine (C=N–C) groups is 1. The monoisotopic (exact) mass is 416 g/mol. The van der Waals surface area contributed by atoms with Crippen molar-refractivity contribution in [1.82, 2.24) is 15.5 Å². The molecule has 0 amide bonds. The molecule has 0 aliphatic heterocycles. The predicted molar refractivity (Wildman–Crippen MR) is 105 cm³/mol. The molecule has 1 fully saturated rings. The minimum Gasteiger partial charge on any atom is -0.357 e. The zero-order chi connectivity index (χ0) is 15.1. The lowest BCUT2D eigenvalue weighted by atomic mass is 10.1. The maximum absolute atomic E-state index is 4.68. The summed E-state index contributed by atoms with van der Waals surface area (Å²) in [7, 11) is 4.19. The molecule has 4 nitrogen and oxygen atoms in total. The van der Waals surface area contributed by atoms with E-state index in [1.807, 2.05) is 0 Å². The summed E-state index contributed by atoms with van der Waals surface area (Å²) >= 11 is 0. The summed E-state index contributed by atoms with van der Waals surface area (Å²) < 4.78 is 0. The number of guanidine groups is 1. The zero-order valence-corrected chi connectivity index (χ0v) is 16.3. The number of nitrogens with one attached hydrogen (secondary N) is 2. The van der Waals surface area contributed by atoms with Gasteiger partial charge in [0.1, 0.15) is 0 Å². The van der Waals surface area contributed by atoms with Crippen molar-refractivity contribution in [2.45, 2.75) is 32.9 Å². The molecular weight excluding hydrogens is 387 g/mol. The largest absolute Gasteiger partial charge is 0.357 e. The third kappa shape index (κ3) is 7.45. The van der Waals surface area contributed by atoms with Crippen molar-refractivity contribution in [1.29, 1.82) is 0 Å². The maximum atomic E-state index is 4.68. The summed E-state index contributed by atoms with van der Waals surface area (Å²) in [4.78, 5) is 6.87. The lowest BCUT2D eigenvalue weighted by molar-refractivity contribution is 0.402. The third-order valence-electron chi connectivity index (χ3n) is 3.51. The van der Waals surface area contributed by atoms with Gasteiger partial charge in [-0.05, 0) is 50.9 Å². The van der Waals surface area contributed by atoms with E-state index in [9.17, 15) is 0 Å². The van der Waals surface area contributed by atoms with Gasteiger partial charge in [-0.25, -0.2) is 4.99 Å². The van der Waals surface area contributed by atoms with Crippen molar-refractivity contribution in [2.24, 2.45) is 10.9 Å². The molecule has 2 rings (SSSR count). The second-order valence-corrected chi connectivity index (χ2v) is 6.08. The summed E-state index contributed by atoms with van der Waals surface area (Å²) in [6, 6.07) is 8.68. The van der Waals surface area contributed by atoms with E-state index in [0.717, 1.165) is 38.1 Å². The molecular formula is C17H29IN4. The van der Waals surface area contributed by atoms with E-state index in [-0.39, 0.29) is 24.0 Å². The summed E-state index contributed by atoms with van der Waals surface area (Å²) in [5, 5.41) is 6.74. The Morgan fingerprint density at radius 3 is 2.59 bits per heavy atom. The molecule has 2 N–H and O–H groups in total. The Morgan fingerprint density at radius 2 is 1.95 bits per heavy atom. The first-order valence-corrected chi connectivity index (χ1v) is 7.92. The van der Waals surface area contributed by atoms with Crippen molar-refractivity contribution in [2.75, 3.05) is 27.2 Å². The lowest BCUT2D eigenvalue weighted by Crippen LogP contribution is -2.38. The minimum absolute atomic E-state index is 0. The van der Waals surface area contributed by atoms with Crippen molar-refractivity contribution in [3.05, 3.63) is 35.4 Å². The fourth-order valence-electron chi connectivity index (χ4n) is 2.27. The van der Waals surface area contributed by atoms with Crippen molar-refractivity contribution in [3.63, 3.8) is 0 Å². The molecule has 0 heterocycles. The van der Waals surface area contributed by atoms with E-state index in [1.54, 1.807) is 0 Å². The van der Waals surface area contributed by atoms with Gasteiger partial charge in [0, 0.05) is 19.6 Å². The fraction of sp³-hybridized carbons (Fsp3) is 0.588. The van der Waals surface area contributed by atoms with Crippen LogP contribution >= 0.6 is 24.0 Å². The maximum Gasteiger partial charge on any atom is 0.191 e. The molecule has 0 atom stereocenters. The molecule has 0 saturated heterocycles. The quantitative estimate of drug-likeness (QED) is 0.408. The average Bonchev–Trinajstić information content (AvgIpc) is 3.26. The highest BCUT2D eigenvalue weighted by molar-refractivity contribution is 14.0. The summed E-state index contributed by atoms with van der Waals surface area (Å²) in [6.45, 7) is 5.74. The van der Waals surface area contributed by atoms with Gasteiger partial charge in [0.15, 0.2) is 5.96 Å². The molecule has 1 aliphatic rings. The topological polar surface area (TPSA) is 39.7 Å². The highest BCUT2D eigenvalue weighted by Gasteiger charge is 2.20. The Balaban J connectivity index is 0.00000242. The molecule has 124 valence electrons. The van der Waals surface area contributed by atoms with Crippen LogP contribution in [-0.4, -0.2) is 38.0 Å². The van der Waals surface area contributed by atoms with Crippen LogP contribution < -0.4 is 10.6 Å². The molecule has 1 aromatic carbocycles. The molecule has 0 radical (unpaired) electrons. The van der Waals surface area contributed by atoms with Crippen molar-refractivity contribution in [3.8, 4) is 0 Å². The van der Waals surface area contributed by atoms with Crippen molar-refractivity contribution < 1.29 is 0 Å². The zero-order valence-electron chi connectivity index (χ0n) is 13.9. The van der Waals surface area contributed by atoms with E-state index < -0.39 is 0 Å². The van der Waals surface area contributed by atoms with E-state index in [0.29, 0.717) is 0 Å². The van der Waals surface area contributed by atoms with Crippen LogP contribution in [0.1, 0.15) is 30.9 Å². The summed E-state index contributed by atoms with van der Waals surface area (Å²) in [6.07, 6.45) is 2.72. The molecule has 22 heavy (non-hydrogen) atoms. The Bertz CT molecular complexity index is 469. The van der Waals surface area contributed by atoms with E-state index in [1.165, 1.54) is 24.0 Å². The Hall–Kier alpha value is -0.820. The molecule has 0 aromatic heterocycles. The number of nitrogens with zero attached hydrogens (tertiary/aromatic N) is 2. The second-order valence-electron chi connectivity index (χ2n) is 6.08. The lowest BCUT2D eigenvalue weighted by Gasteiger charge is -2.12. The van der Waals surface area contributed by atoms with Gasteiger partial charge in [0.25, 0.3) is 0 Å². The summed E-state index contributed by atoms with van der Waals surface area (Å²) in [5.74, 6) is 1.79. The van der Waals surface area contributed by atoms with Gasteiger partial charge in [-0.3, -0.25) is 0 Å². The predicted octanol–water partition coefficient (Wildman–Crippen LogP) is 2.83. The first kappa shape index (κ1) is 19.2. The number of rotatable bonds is 7. The molecule has 0 unspecified atom stereocenters. The van der Waals surface area contributed by atoms with Gasteiger partial charge in [0.05, 0.1) is 6.54 Å². The standard InChI is InChI=1S/C17H28N4.HI/c1-4-18-17(19-11-14-8-9-14)20-12-15-6-5-7-16(10-15)13-21(2)3;/h5-7,10,14H,4,8-9,11-13H2,1-3H3,(H2,18,19,20);1H. The highest BCUT2D eigenvalue weighted by atomic mass is 127. The van der Waals surface area contributed by atoms with Gasteiger partial charge >= 0.3 is 0 Å². The van der Waals surface area contributed by atoms with Crippen LogP contribution in [-0.2, 0) is 13.1 Å². The third-order valence-corrected chi connectivity index (χ3v) is 3.51. The Kier molecular flexibility index (Phi) is 8.78. The minimum atomic E-state index is 0. The van der Waals surface area contributed by atoms with Gasteiger partial charge in [0.2, 0.25) is 0 Å². The normalized spacial score (nSPS) is 14.6. The number of hydrogen-bond acceptors (Lipinski definition) is 2. The van der Waals surface area contributed by atoms with Gasteiger partial charge in [-0.2, -0.15) is 0 Å². The van der Waals surface area contributed by atoms with Crippen LogP contribution in [0.15, 0.2) is 29.3 Å². The van der Waals surface area contributed by atoms with Gasteiger partial charge in [-0.15, -0.1) is 24.0 Å². The summed E-state index contributed by atoms with van der Waals surface area (Å²) in [5.41, 5.74) is 2.60. The SMILES string of the molecule is CCNC(=NCc1cccc(CN(C)C)c1)NCC1CC1.I. The Labute approximate surface area is 151 Å². The molecule has 5 heteroatoms. The van der Waals surface area contributed by atoms with E-state index >= 15 is 0 Å². The molecule has 0 bridgehead atoms. The second kappa shape index (κ2) is 10.0. The van der Waals surface area contributed by atoms with Crippen LogP contribution in [0.4, 0.5) is 0 Å². The molecule has 1 saturated carbocycles. The van der Waals surface area contributed by atoms with Crippen molar-refractivity contribution >= 4 is 29.9 Å². The number of benzene rings is 1. The van der Waals surface area contributed by atoms with Crippen LogP contribution in [0.25, 0.3) is 0 Å². The number of halogens is 1. The van der Waals surface area contributed by atoms with Gasteiger partial charge < -0.3 is 15.5 Å². The van der Waals surface area contributed by atoms with Gasteiger partial charge in [-0.1, -0.05) is 24.3 Å². The van der Waals surface area contributed by atoms with Crippen LogP contribution in [0.3, 0.4) is 0 Å². The number of hydrogen-bond donors (Lipinski definition) is 2. The first-order chi connectivity index (χ1) is 10.2. The first-order valence-electron chi connectivity index (χ1n) is 7.92. The average molecular weight is 416 g/mol. The van der Waals surface area contributed by atoms with Crippen LogP contribution in [0, 0.1) is 5.92 Å². The molecule has 1 aromatic rings. The fourth-order valence-corrected chi connectivity index (χ4v) is 2.27.